The number of H-pyrrole nitrogens is 1. The van der Waals surface area contributed by atoms with Crippen LogP contribution in [-0.4, -0.2) is 28.4 Å². The summed E-state index contributed by atoms with van der Waals surface area (Å²) in [6, 6.07) is 3.58. The van der Waals surface area contributed by atoms with Gasteiger partial charge in [0.25, 0.3) is 11.5 Å². The van der Waals surface area contributed by atoms with E-state index in [0.29, 0.717) is 35.5 Å². The second kappa shape index (κ2) is 7.27. The average Bonchev–Trinajstić information content (AvgIpc) is 2.56. The second-order valence-corrected chi connectivity index (χ2v) is 7.60. The highest BCUT2D eigenvalue weighted by Gasteiger charge is 2.31. The molecule has 0 aliphatic carbocycles. The molecule has 0 saturated heterocycles. The summed E-state index contributed by atoms with van der Waals surface area (Å²) in [4.78, 5) is 29.9. The lowest BCUT2D eigenvalue weighted by molar-refractivity contribution is 0.0725. The number of nitrogens with zero attached hydrogens (tertiary/aromatic N) is 1. The van der Waals surface area contributed by atoms with Gasteiger partial charge in [0.05, 0.1) is 23.2 Å². The van der Waals surface area contributed by atoms with Crippen molar-refractivity contribution in [2.24, 2.45) is 0 Å². The van der Waals surface area contributed by atoms with Crippen LogP contribution in [-0.2, 0) is 13.0 Å². The fraction of sp³-hybridized carbons (Fsp3) is 0.400. The molecule has 6 nitrogen and oxygen atoms in total. The van der Waals surface area contributed by atoms with Gasteiger partial charge >= 0.3 is 0 Å². The van der Waals surface area contributed by atoms with E-state index in [2.05, 4.69) is 4.98 Å². The number of anilines is 1. The first-order valence-electron chi connectivity index (χ1n) is 8.95. The van der Waals surface area contributed by atoms with Crippen molar-refractivity contribution in [3.63, 3.8) is 0 Å². The van der Waals surface area contributed by atoms with Crippen molar-refractivity contribution in [2.75, 3.05) is 12.3 Å². The summed E-state index contributed by atoms with van der Waals surface area (Å²) in [7, 11) is 0. The predicted molar refractivity (Wildman–Crippen MR) is 107 cm³/mol. The summed E-state index contributed by atoms with van der Waals surface area (Å²) in [5.74, 6) is 0.170. The van der Waals surface area contributed by atoms with Gasteiger partial charge in [-0.05, 0) is 51.3 Å². The summed E-state index contributed by atoms with van der Waals surface area (Å²) >= 11 is 6.49. The van der Waals surface area contributed by atoms with Gasteiger partial charge in [-0.15, -0.1) is 0 Å². The molecular formula is C20H24ClN3O3. The number of carbonyl (C=O) groups is 1. The number of carbonyl (C=O) groups excluding carboxylic acids is 1. The Kier molecular flexibility index (Phi) is 5.20. The molecular weight excluding hydrogens is 366 g/mol. The maximum absolute atomic E-state index is 13.1. The van der Waals surface area contributed by atoms with E-state index in [1.54, 1.807) is 11.0 Å². The number of benzene rings is 1. The zero-order valence-corrected chi connectivity index (χ0v) is 16.7. The Morgan fingerprint density at radius 3 is 2.63 bits per heavy atom. The molecule has 1 aliphatic heterocycles. The molecule has 0 radical (unpaired) electrons. The van der Waals surface area contributed by atoms with Crippen molar-refractivity contribution in [3.8, 4) is 5.75 Å². The number of hydrogen-bond donors (Lipinski definition) is 2. The highest BCUT2D eigenvalue weighted by Crippen LogP contribution is 2.38. The first-order valence-corrected chi connectivity index (χ1v) is 9.33. The summed E-state index contributed by atoms with van der Waals surface area (Å²) in [5.41, 5.74) is 9.83. The van der Waals surface area contributed by atoms with Crippen molar-refractivity contribution in [1.82, 2.24) is 9.88 Å². The maximum Gasteiger partial charge on any atom is 0.256 e. The number of nitrogen functional groups attached to an aromatic ring is 1. The first-order chi connectivity index (χ1) is 12.7. The zero-order chi connectivity index (χ0) is 19.9. The van der Waals surface area contributed by atoms with Crippen molar-refractivity contribution in [1.29, 1.82) is 0 Å². The van der Waals surface area contributed by atoms with Crippen LogP contribution in [0.5, 0.6) is 5.75 Å². The topological polar surface area (TPSA) is 88.4 Å². The van der Waals surface area contributed by atoms with E-state index < -0.39 is 0 Å². The lowest BCUT2D eigenvalue weighted by Crippen LogP contribution is -2.39. The molecule has 1 amide bonds. The smallest absolute Gasteiger partial charge is 0.256 e. The Balaban J connectivity index is 1.99. The first kappa shape index (κ1) is 19.3. The largest absolute Gasteiger partial charge is 0.489 e. The fourth-order valence-corrected chi connectivity index (χ4v) is 3.74. The van der Waals surface area contributed by atoms with Crippen LogP contribution in [0, 0.1) is 13.8 Å². The number of rotatable bonds is 4. The number of aromatic nitrogens is 1. The van der Waals surface area contributed by atoms with Crippen molar-refractivity contribution in [2.45, 2.75) is 46.8 Å². The maximum atomic E-state index is 13.1. The third-order valence-corrected chi connectivity index (χ3v) is 5.09. The zero-order valence-electron chi connectivity index (χ0n) is 16.0. The number of aryl methyl sites for hydroxylation is 2. The predicted octanol–water partition coefficient (Wildman–Crippen LogP) is 3.21. The van der Waals surface area contributed by atoms with E-state index in [4.69, 9.17) is 22.1 Å². The number of hydrogen-bond acceptors (Lipinski definition) is 4. The minimum absolute atomic E-state index is 0.0940. The minimum Gasteiger partial charge on any atom is -0.489 e. The number of aromatic amines is 1. The number of nitrogens with one attached hydrogen (secondary N) is 1. The van der Waals surface area contributed by atoms with Crippen LogP contribution >= 0.6 is 11.6 Å². The standard InChI is InChI=1S/C20H24ClN3O3/c1-10(2)27-16-8-15(22)13-5-6-24(20(26)17(13)18(16)21)9-14-11(3)7-12(4)23-19(14)25/h7-8,10H,5-6,9,22H2,1-4H3,(H,23,25). The number of ether oxygens (including phenoxy) is 1. The molecule has 0 atom stereocenters. The minimum atomic E-state index is -0.235. The van der Waals surface area contributed by atoms with Crippen LogP contribution in [0.15, 0.2) is 16.9 Å². The Morgan fingerprint density at radius 1 is 1.30 bits per heavy atom. The van der Waals surface area contributed by atoms with Crippen LogP contribution in [0.3, 0.4) is 0 Å². The van der Waals surface area contributed by atoms with Crippen LogP contribution in [0.1, 0.15) is 46.6 Å². The molecule has 27 heavy (non-hydrogen) atoms. The molecule has 2 aromatic rings. The highest BCUT2D eigenvalue weighted by molar-refractivity contribution is 6.35. The van der Waals surface area contributed by atoms with Gasteiger partial charge in [-0.2, -0.15) is 0 Å². The quantitative estimate of drug-likeness (QED) is 0.786. The van der Waals surface area contributed by atoms with Gasteiger partial charge in [0, 0.05) is 29.6 Å². The number of halogens is 1. The van der Waals surface area contributed by atoms with Gasteiger partial charge in [0.2, 0.25) is 0 Å². The van der Waals surface area contributed by atoms with E-state index >= 15 is 0 Å². The van der Waals surface area contributed by atoms with E-state index in [9.17, 15) is 9.59 Å². The molecule has 1 aromatic carbocycles. The van der Waals surface area contributed by atoms with Crippen molar-refractivity contribution in [3.05, 3.63) is 55.5 Å². The van der Waals surface area contributed by atoms with Gasteiger partial charge in [0.15, 0.2) is 0 Å². The monoisotopic (exact) mass is 389 g/mol. The highest BCUT2D eigenvalue weighted by atomic mass is 35.5. The lowest BCUT2D eigenvalue weighted by atomic mass is 9.96. The van der Waals surface area contributed by atoms with Gasteiger partial charge in [-0.25, -0.2) is 0 Å². The van der Waals surface area contributed by atoms with Crippen LogP contribution < -0.4 is 16.0 Å². The lowest BCUT2D eigenvalue weighted by Gasteiger charge is -2.31. The molecule has 7 heteroatoms. The fourth-order valence-electron chi connectivity index (χ4n) is 3.45. The Morgan fingerprint density at radius 2 is 2.00 bits per heavy atom. The molecule has 0 fully saturated rings. The summed E-state index contributed by atoms with van der Waals surface area (Å²) in [6.45, 7) is 8.17. The molecule has 0 bridgehead atoms. The molecule has 3 N–H and O–H groups in total. The van der Waals surface area contributed by atoms with Crippen LogP contribution in [0.2, 0.25) is 5.02 Å². The number of nitrogens with two attached hydrogens (primary N) is 1. The molecule has 144 valence electrons. The summed E-state index contributed by atoms with van der Waals surface area (Å²) in [5, 5.41) is 0.275. The Bertz CT molecular complexity index is 966. The van der Waals surface area contributed by atoms with Crippen LogP contribution in [0.4, 0.5) is 5.69 Å². The molecule has 0 spiro atoms. The van der Waals surface area contributed by atoms with Gasteiger partial charge in [0.1, 0.15) is 5.75 Å². The van der Waals surface area contributed by atoms with E-state index in [1.807, 2.05) is 33.8 Å². The number of pyridine rings is 1. The van der Waals surface area contributed by atoms with Crippen molar-refractivity contribution >= 4 is 23.2 Å². The normalized spacial score (nSPS) is 13.9. The van der Waals surface area contributed by atoms with Gasteiger partial charge in [-0.1, -0.05) is 11.6 Å². The molecule has 3 rings (SSSR count). The van der Waals surface area contributed by atoms with Crippen molar-refractivity contribution < 1.29 is 9.53 Å². The SMILES string of the molecule is Cc1cc(C)c(CN2CCc3c(N)cc(OC(C)C)c(Cl)c3C2=O)c(=O)[nH]1. The third kappa shape index (κ3) is 3.67. The van der Waals surface area contributed by atoms with Gasteiger partial charge in [-0.3, -0.25) is 9.59 Å². The molecule has 0 unspecified atom stereocenters. The van der Waals surface area contributed by atoms with Gasteiger partial charge < -0.3 is 20.4 Å². The molecule has 1 aliphatic rings. The average molecular weight is 390 g/mol. The summed E-state index contributed by atoms with van der Waals surface area (Å²) < 4.78 is 5.71. The Hall–Kier alpha value is -2.47. The van der Waals surface area contributed by atoms with E-state index in [0.717, 1.165) is 16.8 Å². The molecule has 0 saturated carbocycles. The number of fused-ring (bicyclic) bond motifs is 1. The van der Waals surface area contributed by atoms with E-state index in [1.165, 1.54) is 0 Å². The molecule has 2 heterocycles. The third-order valence-electron chi connectivity index (χ3n) is 4.71. The second-order valence-electron chi connectivity index (χ2n) is 7.22. The molecule has 1 aromatic heterocycles. The van der Waals surface area contributed by atoms with Crippen LogP contribution in [0.25, 0.3) is 0 Å². The van der Waals surface area contributed by atoms with E-state index in [-0.39, 0.29) is 29.1 Å². The summed E-state index contributed by atoms with van der Waals surface area (Å²) in [6.07, 6.45) is 0.487. The Labute approximate surface area is 163 Å². The number of amides is 1.